The van der Waals surface area contributed by atoms with E-state index < -0.39 is 48.0 Å². The van der Waals surface area contributed by atoms with Gasteiger partial charge in [-0.2, -0.15) is 0 Å². The second-order valence-corrected chi connectivity index (χ2v) is 10.8. The first-order valence-corrected chi connectivity index (χ1v) is 14.4. The minimum absolute atomic E-state index is 0.136. The van der Waals surface area contributed by atoms with E-state index in [0.717, 1.165) is 5.56 Å². The van der Waals surface area contributed by atoms with Crippen LogP contribution < -0.4 is 26.6 Å². The number of urea groups is 1. The van der Waals surface area contributed by atoms with Crippen molar-refractivity contribution >= 4 is 29.7 Å². The van der Waals surface area contributed by atoms with Gasteiger partial charge in [0.2, 0.25) is 17.7 Å². The lowest BCUT2D eigenvalue weighted by Gasteiger charge is -2.28. The Kier molecular flexibility index (Phi) is 13.4. The Hall–Kier alpha value is -3.83. The van der Waals surface area contributed by atoms with Gasteiger partial charge in [0.15, 0.2) is 0 Å². The number of aryl methyl sites for hydroxylation is 1. The average molecular weight is 576 g/mol. The Bertz CT molecular complexity index is 1050. The summed E-state index contributed by atoms with van der Waals surface area (Å²) in [5.74, 6) is -3.03. The average Bonchev–Trinajstić information content (AvgIpc) is 2.95. The number of nitrogens with one attached hydrogen (secondary N) is 5. The number of phenolic OH excluding ortho intramolecular Hbond substituents is 1. The van der Waals surface area contributed by atoms with Crippen LogP contribution in [0.25, 0.3) is 0 Å². The molecule has 1 aromatic carbocycles. The Morgan fingerprint density at radius 3 is 2.27 bits per heavy atom. The molecule has 1 saturated heterocycles. The van der Waals surface area contributed by atoms with Crippen molar-refractivity contribution in [3.8, 4) is 5.75 Å². The smallest absolute Gasteiger partial charge is 0.326 e. The molecular formula is C29H45N5O7. The number of aromatic hydroxyl groups is 1. The van der Waals surface area contributed by atoms with Crippen molar-refractivity contribution in [2.45, 2.75) is 96.8 Å². The summed E-state index contributed by atoms with van der Waals surface area (Å²) in [5.41, 5.74) is 0.894. The summed E-state index contributed by atoms with van der Waals surface area (Å²) in [5, 5.41) is 32.5. The first-order chi connectivity index (χ1) is 19.5. The van der Waals surface area contributed by atoms with Gasteiger partial charge in [0, 0.05) is 6.54 Å². The lowest BCUT2D eigenvalue weighted by molar-refractivity contribution is -0.140. The Labute approximate surface area is 241 Å². The normalized spacial score (nSPS) is 22.7. The number of aliphatic carboxylic acids is 1. The number of carbonyl (C=O) groups is 5. The highest BCUT2D eigenvalue weighted by atomic mass is 16.4. The molecule has 0 aliphatic carbocycles. The lowest BCUT2D eigenvalue weighted by atomic mass is 9.96. The van der Waals surface area contributed by atoms with Gasteiger partial charge in [-0.1, -0.05) is 52.7 Å². The highest BCUT2D eigenvalue weighted by molar-refractivity contribution is 5.94. The van der Waals surface area contributed by atoms with Crippen LogP contribution in [0.2, 0.25) is 0 Å². The first-order valence-electron chi connectivity index (χ1n) is 14.4. The number of carboxylic acid groups (broad SMARTS) is 1. The molecule has 5 amide bonds. The van der Waals surface area contributed by atoms with E-state index in [0.29, 0.717) is 45.1 Å². The van der Waals surface area contributed by atoms with Gasteiger partial charge < -0.3 is 36.8 Å². The predicted octanol–water partition coefficient (Wildman–Crippen LogP) is 1.81. The number of amides is 5. The van der Waals surface area contributed by atoms with Crippen LogP contribution in [0.4, 0.5) is 4.79 Å². The van der Waals surface area contributed by atoms with Gasteiger partial charge >= 0.3 is 12.0 Å². The molecule has 1 aliphatic heterocycles. The van der Waals surface area contributed by atoms with Gasteiger partial charge in [-0.15, -0.1) is 0 Å². The van der Waals surface area contributed by atoms with Crippen molar-refractivity contribution < 1.29 is 34.2 Å². The summed E-state index contributed by atoms with van der Waals surface area (Å²) in [6.07, 6.45) is 3.14. The van der Waals surface area contributed by atoms with Crippen LogP contribution in [0.15, 0.2) is 24.3 Å². The van der Waals surface area contributed by atoms with Gasteiger partial charge in [-0.25, -0.2) is 9.59 Å². The number of carboxylic acids is 1. The third kappa shape index (κ3) is 10.6. The molecule has 12 heteroatoms. The molecule has 1 fully saturated rings. The van der Waals surface area contributed by atoms with E-state index in [-0.39, 0.29) is 29.9 Å². The molecule has 1 aliphatic rings. The van der Waals surface area contributed by atoms with E-state index >= 15 is 0 Å². The zero-order valence-electron chi connectivity index (χ0n) is 24.4. The third-order valence-corrected chi connectivity index (χ3v) is 7.69. The number of rotatable bonds is 10. The van der Waals surface area contributed by atoms with Gasteiger partial charge in [0.25, 0.3) is 0 Å². The van der Waals surface area contributed by atoms with Gasteiger partial charge in [0.05, 0.1) is 0 Å². The van der Waals surface area contributed by atoms with Crippen molar-refractivity contribution in [2.75, 3.05) is 6.54 Å². The summed E-state index contributed by atoms with van der Waals surface area (Å²) in [6.45, 7) is 7.54. The fourth-order valence-electron chi connectivity index (χ4n) is 4.56. The summed E-state index contributed by atoms with van der Waals surface area (Å²) in [7, 11) is 0. The van der Waals surface area contributed by atoms with Crippen molar-refractivity contribution in [2.24, 2.45) is 11.8 Å². The van der Waals surface area contributed by atoms with Crippen LogP contribution in [0.3, 0.4) is 0 Å². The lowest BCUT2D eigenvalue weighted by Crippen LogP contribution is -2.59. The molecule has 0 aromatic heterocycles. The summed E-state index contributed by atoms with van der Waals surface area (Å²) in [4.78, 5) is 64.2. The second-order valence-electron chi connectivity index (χ2n) is 10.8. The largest absolute Gasteiger partial charge is 0.508 e. The van der Waals surface area contributed by atoms with Crippen LogP contribution in [-0.2, 0) is 25.6 Å². The molecule has 7 N–H and O–H groups in total. The zero-order valence-corrected chi connectivity index (χ0v) is 24.4. The van der Waals surface area contributed by atoms with E-state index in [4.69, 9.17) is 0 Å². The van der Waals surface area contributed by atoms with E-state index in [1.165, 1.54) is 0 Å². The first kappa shape index (κ1) is 33.4. The van der Waals surface area contributed by atoms with Crippen LogP contribution >= 0.6 is 0 Å². The molecule has 1 aromatic rings. The van der Waals surface area contributed by atoms with Crippen LogP contribution in [0.5, 0.6) is 5.75 Å². The molecule has 0 bridgehead atoms. The van der Waals surface area contributed by atoms with Gasteiger partial charge in [-0.05, 0) is 61.6 Å². The number of hydrogen-bond donors (Lipinski definition) is 7. The van der Waals surface area contributed by atoms with Crippen molar-refractivity contribution in [1.29, 1.82) is 0 Å². The maximum Gasteiger partial charge on any atom is 0.326 e. The Morgan fingerprint density at radius 2 is 1.66 bits per heavy atom. The van der Waals surface area contributed by atoms with Crippen LogP contribution in [0, 0.1) is 11.8 Å². The fourth-order valence-corrected chi connectivity index (χ4v) is 4.56. The monoisotopic (exact) mass is 575 g/mol. The molecule has 0 saturated carbocycles. The molecule has 6 unspecified atom stereocenters. The molecule has 228 valence electrons. The summed E-state index contributed by atoms with van der Waals surface area (Å²) in [6, 6.07) is 1.91. The molecule has 2 rings (SSSR count). The van der Waals surface area contributed by atoms with Crippen molar-refractivity contribution in [3.05, 3.63) is 29.8 Å². The Morgan fingerprint density at radius 1 is 0.976 bits per heavy atom. The number of benzene rings is 1. The van der Waals surface area contributed by atoms with Crippen molar-refractivity contribution in [1.82, 2.24) is 26.6 Å². The number of phenols is 1. The molecule has 1 heterocycles. The predicted molar refractivity (Wildman–Crippen MR) is 153 cm³/mol. The summed E-state index contributed by atoms with van der Waals surface area (Å²) < 4.78 is 0. The maximum absolute atomic E-state index is 13.4. The molecule has 0 spiro atoms. The van der Waals surface area contributed by atoms with E-state index in [9.17, 15) is 34.2 Å². The van der Waals surface area contributed by atoms with Gasteiger partial charge in [0.1, 0.15) is 29.9 Å². The van der Waals surface area contributed by atoms with E-state index in [2.05, 4.69) is 26.6 Å². The third-order valence-electron chi connectivity index (χ3n) is 7.69. The summed E-state index contributed by atoms with van der Waals surface area (Å²) >= 11 is 0. The second kappa shape index (κ2) is 16.4. The SMILES string of the molecule is CCC(C)C(NC(=O)NC1CCCCNC(=O)C(CCc2ccc(O)cc2)NC(=O)C(C(C)CC)NC1=O)C(=O)O. The van der Waals surface area contributed by atoms with Crippen LogP contribution in [-0.4, -0.2) is 70.6 Å². The maximum atomic E-state index is 13.4. The molecule has 6 atom stereocenters. The molecule has 12 nitrogen and oxygen atoms in total. The van der Waals surface area contributed by atoms with E-state index in [1.54, 1.807) is 31.2 Å². The number of hydrogen-bond acceptors (Lipinski definition) is 6. The highest BCUT2D eigenvalue weighted by Gasteiger charge is 2.33. The molecule has 41 heavy (non-hydrogen) atoms. The van der Waals surface area contributed by atoms with Crippen molar-refractivity contribution in [3.63, 3.8) is 0 Å². The fraction of sp³-hybridized carbons (Fsp3) is 0.621. The number of carbonyl (C=O) groups excluding carboxylic acids is 4. The standard InChI is InChI=1S/C29H45N5O7/c1-5-17(3)23-27(38)31-22(15-12-19-10-13-20(35)14-11-19)25(36)30-16-8-7-9-21(26(37)33-23)32-29(41)34-24(28(39)40)18(4)6-2/h10-11,13-14,17-18,21-24,35H,5-9,12,15-16H2,1-4H3,(H,30,36)(H,31,38)(H,33,37)(H,39,40)(H2,32,34,41). The highest BCUT2D eigenvalue weighted by Crippen LogP contribution is 2.15. The van der Waals surface area contributed by atoms with Crippen LogP contribution in [0.1, 0.15) is 71.8 Å². The minimum Gasteiger partial charge on any atom is -0.508 e. The zero-order chi connectivity index (χ0) is 30.5. The quantitative estimate of drug-likeness (QED) is 0.222. The Balaban J connectivity index is 2.21. The topological polar surface area (TPSA) is 186 Å². The van der Waals surface area contributed by atoms with Gasteiger partial charge in [-0.3, -0.25) is 14.4 Å². The molecular weight excluding hydrogens is 530 g/mol. The minimum atomic E-state index is -1.17. The molecule has 0 radical (unpaired) electrons. The van der Waals surface area contributed by atoms with E-state index in [1.807, 2.05) is 20.8 Å².